The quantitative estimate of drug-likeness (QED) is 0.789. The molecule has 0 aromatic carbocycles. The SMILES string of the molecule is CCNc1nc(C)cc(N(C)CCOC)n1. The lowest BCUT2D eigenvalue weighted by molar-refractivity contribution is 0.206. The van der Waals surface area contributed by atoms with Crippen molar-refractivity contribution in [2.24, 2.45) is 0 Å². The van der Waals surface area contributed by atoms with Crippen LogP contribution >= 0.6 is 0 Å². The van der Waals surface area contributed by atoms with Crippen molar-refractivity contribution in [3.63, 3.8) is 0 Å². The number of likely N-dealkylation sites (N-methyl/N-ethyl adjacent to an activating group) is 1. The molecule has 1 aromatic rings. The van der Waals surface area contributed by atoms with Crippen molar-refractivity contribution in [2.45, 2.75) is 13.8 Å². The van der Waals surface area contributed by atoms with Crippen LogP contribution in [0.3, 0.4) is 0 Å². The van der Waals surface area contributed by atoms with Crippen molar-refractivity contribution >= 4 is 11.8 Å². The number of aromatic nitrogens is 2. The first-order valence-electron chi connectivity index (χ1n) is 5.47. The number of methoxy groups -OCH3 is 1. The fourth-order valence-electron chi connectivity index (χ4n) is 1.33. The lowest BCUT2D eigenvalue weighted by atomic mass is 10.4. The second kappa shape index (κ2) is 6.27. The van der Waals surface area contributed by atoms with E-state index >= 15 is 0 Å². The maximum Gasteiger partial charge on any atom is 0.224 e. The van der Waals surface area contributed by atoms with E-state index in [4.69, 9.17) is 4.74 Å². The summed E-state index contributed by atoms with van der Waals surface area (Å²) in [5, 5.41) is 3.12. The van der Waals surface area contributed by atoms with Gasteiger partial charge in [-0.3, -0.25) is 0 Å². The summed E-state index contributed by atoms with van der Waals surface area (Å²) in [5.41, 5.74) is 0.963. The van der Waals surface area contributed by atoms with E-state index in [0.717, 1.165) is 24.6 Å². The normalized spacial score (nSPS) is 10.2. The van der Waals surface area contributed by atoms with Crippen molar-refractivity contribution in [3.05, 3.63) is 11.8 Å². The lowest BCUT2D eigenvalue weighted by Crippen LogP contribution is -2.23. The zero-order chi connectivity index (χ0) is 12.0. The molecule has 0 saturated carbocycles. The summed E-state index contributed by atoms with van der Waals surface area (Å²) in [7, 11) is 3.69. The standard InChI is InChI=1S/C11H20N4O/c1-5-12-11-13-9(2)8-10(14-11)15(3)6-7-16-4/h8H,5-7H2,1-4H3,(H,12,13,14). The monoisotopic (exact) mass is 224 g/mol. The zero-order valence-electron chi connectivity index (χ0n) is 10.4. The Hall–Kier alpha value is -1.36. The van der Waals surface area contributed by atoms with Crippen molar-refractivity contribution in [2.75, 3.05) is 44.1 Å². The average Bonchev–Trinajstić information content (AvgIpc) is 2.25. The number of rotatable bonds is 6. The number of aryl methyl sites for hydroxylation is 1. The van der Waals surface area contributed by atoms with E-state index in [1.54, 1.807) is 7.11 Å². The Morgan fingerprint density at radius 2 is 2.19 bits per heavy atom. The molecule has 0 aliphatic carbocycles. The molecule has 0 fully saturated rings. The first kappa shape index (κ1) is 12.7. The summed E-state index contributed by atoms with van der Waals surface area (Å²) < 4.78 is 5.04. The number of ether oxygens (including phenoxy) is 1. The molecule has 0 amide bonds. The molecule has 16 heavy (non-hydrogen) atoms. The van der Waals surface area contributed by atoms with E-state index in [-0.39, 0.29) is 0 Å². The minimum absolute atomic E-state index is 0.682. The molecule has 1 N–H and O–H groups in total. The molecule has 5 nitrogen and oxygen atoms in total. The molecule has 90 valence electrons. The summed E-state index contributed by atoms with van der Waals surface area (Å²) in [6.45, 7) is 6.33. The number of hydrogen-bond donors (Lipinski definition) is 1. The fraction of sp³-hybridized carbons (Fsp3) is 0.636. The van der Waals surface area contributed by atoms with Gasteiger partial charge in [0.15, 0.2) is 0 Å². The van der Waals surface area contributed by atoms with Gasteiger partial charge in [0.25, 0.3) is 0 Å². The first-order chi connectivity index (χ1) is 7.67. The Balaban J connectivity index is 2.78. The Bertz CT molecular complexity index is 330. The molecule has 0 saturated heterocycles. The molecule has 0 bridgehead atoms. The Morgan fingerprint density at radius 1 is 1.44 bits per heavy atom. The number of anilines is 2. The average molecular weight is 224 g/mol. The molecule has 5 heteroatoms. The maximum atomic E-state index is 5.04. The summed E-state index contributed by atoms with van der Waals surface area (Å²) in [6, 6.07) is 1.97. The summed E-state index contributed by atoms with van der Waals surface area (Å²) in [5.74, 6) is 1.60. The van der Waals surface area contributed by atoms with Gasteiger partial charge in [-0.1, -0.05) is 0 Å². The molecular weight excluding hydrogens is 204 g/mol. The predicted molar refractivity (Wildman–Crippen MR) is 66.1 cm³/mol. The Morgan fingerprint density at radius 3 is 2.81 bits per heavy atom. The molecule has 1 heterocycles. The fourth-order valence-corrected chi connectivity index (χ4v) is 1.33. The highest BCUT2D eigenvalue weighted by molar-refractivity contribution is 5.43. The van der Waals surface area contributed by atoms with Gasteiger partial charge in [-0.05, 0) is 13.8 Å². The van der Waals surface area contributed by atoms with Crippen LogP contribution in [-0.2, 0) is 4.74 Å². The van der Waals surface area contributed by atoms with E-state index in [1.165, 1.54) is 0 Å². The second-order valence-corrected chi connectivity index (χ2v) is 3.64. The number of nitrogens with one attached hydrogen (secondary N) is 1. The van der Waals surface area contributed by atoms with Gasteiger partial charge in [0.05, 0.1) is 6.61 Å². The van der Waals surface area contributed by atoms with Crippen LogP contribution in [0.1, 0.15) is 12.6 Å². The molecular formula is C11H20N4O. The van der Waals surface area contributed by atoms with E-state index in [2.05, 4.69) is 20.2 Å². The summed E-state index contributed by atoms with van der Waals surface area (Å²) >= 11 is 0. The minimum Gasteiger partial charge on any atom is -0.383 e. The molecule has 1 aromatic heterocycles. The topological polar surface area (TPSA) is 50.3 Å². The van der Waals surface area contributed by atoms with Gasteiger partial charge in [-0.25, -0.2) is 4.98 Å². The van der Waals surface area contributed by atoms with Gasteiger partial charge in [0, 0.05) is 39.0 Å². The molecule has 0 aliphatic heterocycles. The Kier molecular flexibility index (Phi) is 4.98. The van der Waals surface area contributed by atoms with Crippen molar-refractivity contribution in [1.82, 2.24) is 9.97 Å². The van der Waals surface area contributed by atoms with Gasteiger partial charge in [0.1, 0.15) is 5.82 Å². The second-order valence-electron chi connectivity index (χ2n) is 3.64. The lowest BCUT2D eigenvalue weighted by Gasteiger charge is -2.18. The van der Waals surface area contributed by atoms with Crippen LogP contribution in [-0.4, -0.2) is 43.8 Å². The molecule has 0 spiro atoms. The summed E-state index contributed by atoms with van der Waals surface area (Å²) in [4.78, 5) is 10.8. The third kappa shape index (κ3) is 3.66. The van der Waals surface area contributed by atoms with Gasteiger partial charge in [-0.15, -0.1) is 0 Å². The van der Waals surface area contributed by atoms with Gasteiger partial charge in [0.2, 0.25) is 5.95 Å². The molecule has 0 atom stereocenters. The van der Waals surface area contributed by atoms with E-state index < -0.39 is 0 Å². The largest absolute Gasteiger partial charge is 0.383 e. The highest BCUT2D eigenvalue weighted by Crippen LogP contribution is 2.12. The van der Waals surface area contributed by atoms with Crippen molar-refractivity contribution in [1.29, 1.82) is 0 Å². The third-order valence-electron chi connectivity index (χ3n) is 2.20. The minimum atomic E-state index is 0.682. The third-order valence-corrected chi connectivity index (χ3v) is 2.20. The van der Waals surface area contributed by atoms with Gasteiger partial charge < -0.3 is 15.0 Å². The Labute approximate surface area is 96.8 Å². The summed E-state index contributed by atoms with van der Waals surface area (Å²) in [6.07, 6.45) is 0. The van der Waals surface area contributed by atoms with Crippen LogP contribution in [0.2, 0.25) is 0 Å². The van der Waals surface area contributed by atoms with Crippen molar-refractivity contribution in [3.8, 4) is 0 Å². The van der Waals surface area contributed by atoms with Gasteiger partial charge in [-0.2, -0.15) is 4.98 Å². The van der Waals surface area contributed by atoms with Crippen molar-refractivity contribution < 1.29 is 4.74 Å². The molecule has 0 radical (unpaired) electrons. The first-order valence-corrected chi connectivity index (χ1v) is 5.47. The van der Waals surface area contributed by atoms with Crippen LogP contribution in [0.5, 0.6) is 0 Å². The van der Waals surface area contributed by atoms with Crippen LogP contribution < -0.4 is 10.2 Å². The van der Waals surface area contributed by atoms with E-state index in [9.17, 15) is 0 Å². The number of hydrogen-bond acceptors (Lipinski definition) is 5. The number of nitrogens with zero attached hydrogens (tertiary/aromatic N) is 3. The van der Waals surface area contributed by atoms with E-state index in [0.29, 0.717) is 12.6 Å². The molecule has 1 rings (SSSR count). The smallest absolute Gasteiger partial charge is 0.224 e. The van der Waals surface area contributed by atoms with E-state index in [1.807, 2.05) is 27.0 Å². The van der Waals surface area contributed by atoms with Crippen LogP contribution in [0.4, 0.5) is 11.8 Å². The highest BCUT2D eigenvalue weighted by Gasteiger charge is 2.05. The molecule has 0 unspecified atom stereocenters. The highest BCUT2D eigenvalue weighted by atomic mass is 16.5. The van der Waals surface area contributed by atoms with Gasteiger partial charge >= 0.3 is 0 Å². The van der Waals surface area contributed by atoms with Crippen LogP contribution in [0.25, 0.3) is 0 Å². The predicted octanol–water partition coefficient (Wildman–Crippen LogP) is 1.30. The van der Waals surface area contributed by atoms with Crippen LogP contribution in [0, 0.1) is 6.92 Å². The molecule has 0 aliphatic rings. The van der Waals surface area contributed by atoms with Crippen LogP contribution in [0.15, 0.2) is 6.07 Å². The zero-order valence-corrected chi connectivity index (χ0v) is 10.4. The maximum absolute atomic E-state index is 5.04.